The number of aromatic nitrogens is 4. The number of rotatable bonds is 3. The molecule has 1 amide bonds. The molecule has 7 nitrogen and oxygen atoms in total. The Morgan fingerprint density at radius 2 is 2.33 bits per heavy atom. The molecule has 1 atom stereocenters. The molecule has 0 radical (unpaired) electrons. The van der Waals surface area contributed by atoms with Crippen molar-refractivity contribution in [2.24, 2.45) is 5.73 Å². The molecule has 21 heavy (non-hydrogen) atoms. The van der Waals surface area contributed by atoms with Crippen molar-refractivity contribution in [1.82, 2.24) is 25.9 Å². The van der Waals surface area contributed by atoms with Gasteiger partial charge >= 0.3 is 0 Å². The second kappa shape index (κ2) is 6.63. The van der Waals surface area contributed by atoms with Gasteiger partial charge in [-0.25, -0.2) is 0 Å². The summed E-state index contributed by atoms with van der Waals surface area (Å²) in [5.74, 6) is 5.84. The number of carbonyl (C=O) groups is 1. The van der Waals surface area contributed by atoms with Gasteiger partial charge in [-0.05, 0) is 26.0 Å². The van der Waals surface area contributed by atoms with Crippen LogP contribution in [0.25, 0.3) is 0 Å². The van der Waals surface area contributed by atoms with E-state index in [1.807, 2.05) is 19.1 Å². The summed E-state index contributed by atoms with van der Waals surface area (Å²) >= 11 is 0. The SMILES string of the molecule is Cc1ccc(C#CCN)c(C(=O)NC(C)c2nn[nH]n2)c1. The normalized spacial score (nSPS) is 11.4. The first-order chi connectivity index (χ1) is 10.1. The molecular weight excluding hydrogens is 268 g/mol. The highest BCUT2D eigenvalue weighted by molar-refractivity contribution is 5.97. The van der Waals surface area contributed by atoms with E-state index in [9.17, 15) is 4.79 Å². The van der Waals surface area contributed by atoms with E-state index in [0.29, 0.717) is 17.0 Å². The summed E-state index contributed by atoms with van der Waals surface area (Å²) in [5, 5.41) is 16.3. The summed E-state index contributed by atoms with van der Waals surface area (Å²) in [6.45, 7) is 3.94. The molecule has 1 unspecified atom stereocenters. The minimum Gasteiger partial charge on any atom is -0.342 e. The first-order valence-corrected chi connectivity index (χ1v) is 6.45. The number of nitrogens with two attached hydrogens (primary N) is 1. The van der Waals surface area contributed by atoms with Crippen LogP contribution >= 0.6 is 0 Å². The third-order valence-corrected chi connectivity index (χ3v) is 2.84. The molecule has 2 rings (SSSR count). The number of nitrogens with zero attached hydrogens (tertiary/aromatic N) is 3. The van der Waals surface area contributed by atoms with Gasteiger partial charge in [0.25, 0.3) is 5.91 Å². The summed E-state index contributed by atoms with van der Waals surface area (Å²) in [6, 6.07) is 5.15. The Morgan fingerprint density at radius 3 is 3.00 bits per heavy atom. The van der Waals surface area contributed by atoms with Crippen molar-refractivity contribution in [2.45, 2.75) is 19.9 Å². The fraction of sp³-hybridized carbons (Fsp3) is 0.286. The molecule has 108 valence electrons. The van der Waals surface area contributed by atoms with Crippen molar-refractivity contribution >= 4 is 5.91 Å². The Bertz CT molecular complexity index is 683. The molecule has 2 aromatic rings. The fourth-order valence-corrected chi connectivity index (χ4v) is 1.79. The predicted octanol–water partition coefficient (Wildman–Crippen LogP) is 0.309. The number of carbonyl (C=O) groups excluding carboxylic acids is 1. The van der Waals surface area contributed by atoms with Crippen LogP contribution in [-0.2, 0) is 0 Å². The number of nitrogens with one attached hydrogen (secondary N) is 2. The Morgan fingerprint density at radius 1 is 1.52 bits per heavy atom. The number of aryl methyl sites for hydroxylation is 1. The van der Waals surface area contributed by atoms with Crippen molar-refractivity contribution in [3.05, 3.63) is 40.7 Å². The number of tetrazole rings is 1. The van der Waals surface area contributed by atoms with Crippen molar-refractivity contribution in [3.8, 4) is 11.8 Å². The van der Waals surface area contributed by atoms with Crippen LogP contribution in [0, 0.1) is 18.8 Å². The van der Waals surface area contributed by atoms with Gasteiger partial charge in [-0.15, -0.1) is 10.2 Å². The van der Waals surface area contributed by atoms with E-state index in [4.69, 9.17) is 5.73 Å². The number of amides is 1. The zero-order valence-corrected chi connectivity index (χ0v) is 11.8. The van der Waals surface area contributed by atoms with Gasteiger partial charge in [-0.1, -0.05) is 28.7 Å². The van der Waals surface area contributed by atoms with Crippen LogP contribution in [0.2, 0.25) is 0 Å². The average Bonchev–Trinajstić information content (AvgIpc) is 3.00. The van der Waals surface area contributed by atoms with Gasteiger partial charge in [0, 0.05) is 5.56 Å². The van der Waals surface area contributed by atoms with E-state index < -0.39 is 0 Å². The topological polar surface area (TPSA) is 110 Å². The Hall–Kier alpha value is -2.72. The van der Waals surface area contributed by atoms with E-state index in [1.165, 1.54) is 0 Å². The highest BCUT2D eigenvalue weighted by Crippen LogP contribution is 2.13. The Labute approximate surface area is 122 Å². The van der Waals surface area contributed by atoms with Crippen LogP contribution in [0.4, 0.5) is 0 Å². The summed E-state index contributed by atoms with van der Waals surface area (Å²) in [6.07, 6.45) is 0. The molecule has 1 aromatic carbocycles. The predicted molar refractivity (Wildman–Crippen MR) is 77.2 cm³/mol. The monoisotopic (exact) mass is 284 g/mol. The van der Waals surface area contributed by atoms with Crippen molar-refractivity contribution in [1.29, 1.82) is 0 Å². The second-order valence-corrected chi connectivity index (χ2v) is 4.52. The van der Waals surface area contributed by atoms with Crippen LogP contribution in [0.5, 0.6) is 0 Å². The minimum atomic E-state index is -0.355. The molecule has 0 saturated heterocycles. The molecule has 7 heteroatoms. The first-order valence-electron chi connectivity index (χ1n) is 6.45. The smallest absolute Gasteiger partial charge is 0.253 e. The van der Waals surface area contributed by atoms with Crippen molar-refractivity contribution < 1.29 is 4.79 Å². The van der Waals surface area contributed by atoms with Gasteiger partial charge < -0.3 is 11.1 Å². The molecule has 1 aromatic heterocycles. The van der Waals surface area contributed by atoms with E-state index in [2.05, 4.69) is 37.8 Å². The fourth-order valence-electron chi connectivity index (χ4n) is 1.79. The van der Waals surface area contributed by atoms with Crippen molar-refractivity contribution in [2.75, 3.05) is 6.54 Å². The molecule has 0 spiro atoms. The van der Waals surface area contributed by atoms with Gasteiger partial charge in [-0.3, -0.25) is 4.79 Å². The highest BCUT2D eigenvalue weighted by Gasteiger charge is 2.16. The molecule has 0 fully saturated rings. The number of hydrogen-bond donors (Lipinski definition) is 3. The first kappa shape index (κ1) is 14.7. The Balaban J connectivity index is 2.24. The van der Waals surface area contributed by atoms with Crippen LogP contribution in [0.3, 0.4) is 0 Å². The lowest BCUT2D eigenvalue weighted by Crippen LogP contribution is -2.28. The molecule has 0 aliphatic rings. The lowest BCUT2D eigenvalue weighted by atomic mass is 10.0. The van der Waals surface area contributed by atoms with Crippen LogP contribution in [0.15, 0.2) is 18.2 Å². The summed E-state index contributed by atoms with van der Waals surface area (Å²) in [7, 11) is 0. The van der Waals surface area contributed by atoms with Crippen LogP contribution < -0.4 is 11.1 Å². The Kier molecular flexibility index (Phi) is 4.64. The second-order valence-electron chi connectivity index (χ2n) is 4.52. The lowest BCUT2D eigenvalue weighted by molar-refractivity contribution is 0.0938. The van der Waals surface area contributed by atoms with Crippen LogP contribution in [-0.4, -0.2) is 33.1 Å². The maximum absolute atomic E-state index is 12.4. The molecule has 1 heterocycles. The van der Waals surface area contributed by atoms with Gasteiger partial charge in [-0.2, -0.15) is 5.21 Å². The van der Waals surface area contributed by atoms with Crippen LogP contribution in [0.1, 0.15) is 40.3 Å². The molecule has 0 saturated carbocycles. The highest BCUT2D eigenvalue weighted by atomic mass is 16.1. The zero-order valence-electron chi connectivity index (χ0n) is 11.8. The molecule has 4 N–H and O–H groups in total. The maximum Gasteiger partial charge on any atom is 0.253 e. The van der Waals surface area contributed by atoms with Gasteiger partial charge in [0.05, 0.1) is 18.2 Å². The molecular formula is C14H16N6O. The zero-order chi connectivity index (χ0) is 15.2. The van der Waals surface area contributed by atoms with Gasteiger partial charge in [0.1, 0.15) is 0 Å². The number of benzene rings is 1. The van der Waals surface area contributed by atoms with Crippen molar-refractivity contribution in [3.63, 3.8) is 0 Å². The van der Waals surface area contributed by atoms with E-state index in [-0.39, 0.29) is 18.5 Å². The minimum absolute atomic E-state index is 0.239. The van der Waals surface area contributed by atoms with E-state index >= 15 is 0 Å². The summed E-state index contributed by atoms with van der Waals surface area (Å²) < 4.78 is 0. The molecule has 0 aliphatic heterocycles. The van der Waals surface area contributed by atoms with E-state index in [0.717, 1.165) is 5.56 Å². The standard InChI is InChI=1S/C14H16N6O/c1-9-5-6-11(4-3-7-15)12(8-9)14(21)16-10(2)13-17-19-20-18-13/h5-6,8,10H,7,15H2,1-2H3,(H,16,21)(H,17,18,19,20). The van der Waals surface area contributed by atoms with Gasteiger partial charge in [0.15, 0.2) is 5.82 Å². The maximum atomic E-state index is 12.4. The quantitative estimate of drug-likeness (QED) is 0.703. The summed E-state index contributed by atoms with van der Waals surface area (Å²) in [5.41, 5.74) is 7.50. The number of hydrogen-bond acceptors (Lipinski definition) is 5. The number of aromatic amines is 1. The third-order valence-electron chi connectivity index (χ3n) is 2.84. The molecule has 0 bridgehead atoms. The average molecular weight is 284 g/mol. The molecule has 0 aliphatic carbocycles. The largest absolute Gasteiger partial charge is 0.342 e. The third kappa shape index (κ3) is 3.64. The summed E-state index contributed by atoms with van der Waals surface area (Å²) in [4.78, 5) is 12.4. The van der Waals surface area contributed by atoms with E-state index in [1.54, 1.807) is 13.0 Å². The number of H-pyrrole nitrogens is 1. The van der Waals surface area contributed by atoms with Gasteiger partial charge in [0.2, 0.25) is 0 Å². The lowest BCUT2D eigenvalue weighted by Gasteiger charge is -2.11.